The molecule has 16 aliphatic carbocycles. The van der Waals surface area contributed by atoms with Crippen LogP contribution in [0.15, 0.2) is 170 Å². The number of nitrogens with zero attached hydrogens (tertiary/aromatic N) is 10. The van der Waals surface area contributed by atoms with E-state index in [-0.39, 0.29) is 80.4 Å². The third-order valence-electron chi connectivity index (χ3n) is 26.9. The molecular formula is C88H94Ir4N10-4. The van der Waals surface area contributed by atoms with E-state index >= 15 is 0 Å². The summed E-state index contributed by atoms with van der Waals surface area (Å²) in [7, 11) is 0. The van der Waals surface area contributed by atoms with Crippen LogP contribution in [0, 0.1) is 127 Å². The smallest absolute Gasteiger partial charge is 0.137 e. The molecule has 0 atom stereocenters. The third-order valence-corrected chi connectivity index (χ3v) is 26.9. The molecule has 16 bridgehead atoms. The summed E-state index contributed by atoms with van der Waals surface area (Å²) in [5.41, 5.74) is 9.62. The first-order valence-corrected chi connectivity index (χ1v) is 38.2. The molecule has 14 heteroatoms. The van der Waals surface area contributed by atoms with Gasteiger partial charge in [0.1, 0.15) is 11.6 Å². The molecule has 536 valence electrons. The van der Waals surface area contributed by atoms with Gasteiger partial charge in [0, 0.05) is 117 Å². The van der Waals surface area contributed by atoms with E-state index in [1.165, 1.54) is 157 Å². The zero-order valence-corrected chi connectivity index (χ0v) is 68.3. The Morgan fingerprint density at radius 2 is 0.745 bits per heavy atom. The molecule has 0 unspecified atom stereocenters. The first kappa shape index (κ1) is 72.2. The first-order chi connectivity index (χ1) is 48.2. The third kappa shape index (κ3) is 14.0. The Kier molecular flexibility index (Phi) is 21.6. The van der Waals surface area contributed by atoms with Crippen molar-refractivity contribution in [2.45, 2.75) is 172 Å². The molecular weight excluding hydrogens is 1970 g/mol. The fourth-order valence-corrected chi connectivity index (χ4v) is 24.4. The topological polar surface area (TPSA) is 97.1 Å². The van der Waals surface area contributed by atoms with E-state index in [0.29, 0.717) is 23.7 Å². The maximum absolute atomic E-state index is 4.92. The van der Waals surface area contributed by atoms with E-state index in [2.05, 4.69) is 180 Å². The van der Waals surface area contributed by atoms with Crippen molar-refractivity contribution >= 4 is 0 Å². The molecule has 10 nitrogen and oxygen atoms in total. The standard InChI is InChI=1S/2C25H26N3.2C19H21N2.4Ir/c1-16-26-25(21-9-5-8-20(15-21)19-6-3-2-4-7-19)28(27-16)24-22-11-17-10-18(13-22)14-23(24)12-17;1-16-26-25(21-9-7-20(8-10-21)19-5-3-2-4-6-19)28(27-16)24-22-12-17-11-18(14-22)15-23(24)13-17;1-2-4-17(5-3-1)18-20-6-7-21(18)19-11-14-8-15(12-19)10-16(9-14)13-19;1-2-4-15(5-3-1)19-20-6-7-21(19)18-16-9-13-8-14(11-16)12-17(18)10-13;;;;/h2-8,15,17-18,22-24H,10-14H2,1H3;2-9,17-18,22-24H,11-15H2,1H3;1-4,6-7,14-16H,8-13H2;1-4,6-7,13-14,16-18H,8-12H2;;;;/q4*-1;;;;. The molecule has 10 aromatic rings. The van der Waals surface area contributed by atoms with E-state index in [9.17, 15) is 0 Å². The summed E-state index contributed by atoms with van der Waals surface area (Å²) >= 11 is 0. The second-order valence-corrected chi connectivity index (χ2v) is 33.3. The number of rotatable bonds is 10. The van der Waals surface area contributed by atoms with Crippen LogP contribution in [0.1, 0.15) is 165 Å². The average molecular weight is 2060 g/mol. The largest absolute Gasteiger partial charge is 0.367 e. The molecule has 16 fully saturated rings. The summed E-state index contributed by atoms with van der Waals surface area (Å²) in [4.78, 5) is 19.0. The van der Waals surface area contributed by atoms with Crippen molar-refractivity contribution in [3.05, 3.63) is 206 Å². The average Bonchev–Trinajstić information content (AvgIpc) is 1.24. The molecule has 0 spiro atoms. The van der Waals surface area contributed by atoms with Crippen molar-refractivity contribution in [3.8, 4) is 67.8 Å². The second-order valence-electron chi connectivity index (χ2n) is 33.3. The Hall–Kier alpha value is -5.38. The number of aromatic nitrogens is 10. The van der Waals surface area contributed by atoms with E-state index in [0.717, 1.165) is 146 Å². The predicted molar refractivity (Wildman–Crippen MR) is 386 cm³/mol. The van der Waals surface area contributed by atoms with Gasteiger partial charge in [-0.3, -0.25) is 29.3 Å². The molecule has 4 radical (unpaired) electrons. The van der Waals surface area contributed by atoms with Crippen molar-refractivity contribution < 1.29 is 80.4 Å². The molecule has 16 saturated carbocycles. The summed E-state index contributed by atoms with van der Waals surface area (Å²) in [6, 6.07) is 65.8. The van der Waals surface area contributed by atoms with Gasteiger partial charge in [0.15, 0.2) is 0 Å². The Bertz CT molecular complexity index is 4310. The van der Waals surface area contributed by atoms with Crippen LogP contribution in [0.25, 0.3) is 67.8 Å². The maximum Gasteiger partial charge on any atom is 0.137 e. The maximum atomic E-state index is 4.92. The summed E-state index contributed by atoms with van der Waals surface area (Å²) in [6.45, 7) is 4.05. The molecule has 0 aliphatic heterocycles. The Morgan fingerprint density at radius 1 is 0.343 bits per heavy atom. The fourth-order valence-electron chi connectivity index (χ4n) is 24.4. The van der Waals surface area contributed by atoms with Gasteiger partial charge in [-0.05, 0) is 243 Å². The molecule has 6 aromatic carbocycles. The minimum atomic E-state index is 0. The van der Waals surface area contributed by atoms with Crippen molar-refractivity contribution in [1.29, 1.82) is 0 Å². The summed E-state index contributed by atoms with van der Waals surface area (Å²) < 4.78 is 9.59. The van der Waals surface area contributed by atoms with Crippen LogP contribution in [0.4, 0.5) is 0 Å². The van der Waals surface area contributed by atoms with Gasteiger partial charge in [-0.15, -0.1) is 137 Å². The van der Waals surface area contributed by atoms with Crippen LogP contribution in [0.3, 0.4) is 0 Å². The van der Waals surface area contributed by atoms with Gasteiger partial charge in [-0.2, -0.15) is 10.2 Å². The summed E-state index contributed by atoms with van der Waals surface area (Å²) in [5, 5.41) is 9.82. The van der Waals surface area contributed by atoms with Gasteiger partial charge in [-0.25, -0.2) is 0 Å². The molecule has 26 rings (SSSR count). The number of imidazole rings is 2. The van der Waals surface area contributed by atoms with Crippen LogP contribution < -0.4 is 0 Å². The molecule has 4 aromatic heterocycles. The fraction of sp³-hybridized carbons (Fsp3) is 0.477. The van der Waals surface area contributed by atoms with E-state index in [1.54, 1.807) is 0 Å². The van der Waals surface area contributed by atoms with Gasteiger partial charge in [-0.1, -0.05) is 71.8 Å². The van der Waals surface area contributed by atoms with Crippen molar-refractivity contribution in [1.82, 2.24) is 48.6 Å². The van der Waals surface area contributed by atoms with E-state index < -0.39 is 0 Å². The summed E-state index contributed by atoms with van der Waals surface area (Å²) in [6.07, 6.45) is 38.4. The van der Waals surface area contributed by atoms with Gasteiger partial charge < -0.3 is 9.13 Å². The normalized spacial score (nSPS) is 32.1. The number of hydrogen-bond donors (Lipinski definition) is 0. The molecule has 102 heavy (non-hydrogen) atoms. The zero-order valence-electron chi connectivity index (χ0n) is 58.7. The minimum Gasteiger partial charge on any atom is -0.367 e. The van der Waals surface area contributed by atoms with Crippen LogP contribution >= 0.6 is 0 Å². The summed E-state index contributed by atoms with van der Waals surface area (Å²) in [5.74, 6) is 19.8. The van der Waals surface area contributed by atoms with Gasteiger partial charge in [0.25, 0.3) is 0 Å². The zero-order chi connectivity index (χ0) is 65.0. The van der Waals surface area contributed by atoms with Crippen molar-refractivity contribution in [2.75, 3.05) is 0 Å². The van der Waals surface area contributed by atoms with Crippen molar-refractivity contribution in [3.63, 3.8) is 0 Å². The number of aryl methyl sites for hydroxylation is 2. The van der Waals surface area contributed by atoms with Gasteiger partial charge >= 0.3 is 0 Å². The molecule has 4 heterocycles. The first-order valence-electron chi connectivity index (χ1n) is 38.2. The van der Waals surface area contributed by atoms with Crippen molar-refractivity contribution in [2.24, 2.45) is 88.8 Å². The number of benzene rings is 6. The minimum absolute atomic E-state index is 0. The van der Waals surface area contributed by atoms with Crippen LogP contribution in [-0.2, 0) is 86.0 Å². The number of hydrogen-bond acceptors (Lipinski definition) is 6. The van der Waals surface area contributed by atoms with E-state index in [4.69, 9.17) is 20.2 Å². The van der Waals surface area contributed by atoms with Gasteiger partial charge in [0.05, 0.1) is 35.4 Å². The predicted octanol–water partition coefficient (Wildman–Crippen LogP) is 20.0. The molecule has 0 N–H and O–H groups in total. The SMILES string of the molecule is Cc1nc(-c2[c-]cc(-c3ccccc3)cc2)n(C2C3CC4CC(C3)CC2C4)n1.Cc1nc(-c2[c-]ccc(-c3ccccc3)c2)n(C2C3CC4CC(C3)CC2C4)n1.[Ir].[Ir].[Ir].[Ir].[c-]1ccccc1-c1nccn1C12CC3CC(CC(C3)C1)C2.[c-]1ccccc1-c1nccn1C1C2CC3CC(C2)CC1C3. The van der Waals surface area contributed by atoms with Gasteiger partial charge in [0.2, 0.25) is 0 Å². The second kappa shape index (κ2) is 30.5. The molecule has 16 aliphatic rings. The van der Waals surface area contributed by atoms with Crippen LogP contribution in [0.2, 0.25) is 0 Å². The molecule has 0 amide bonds. The Balaban J connectivity index is 0.000000109. The Labute approximate surface area is 658 Å². The monoisotopic (exact) mass is 2060 g/mol. The van der Waals surface area contributed by atoms with E-state index in [1.807, 2.05) is 56.6 Å². The van der Waals surface area contributed by atoms with Crippen LogP contribution in [0.5, 0.6) is 0 Å². The molecule has 0 saturated heterocycles. The quantitative estimate of drug-likeness (QED) is 0.127. The van der Waals surface area contributed by atoms with Crippen LogP contribution in [-0.4, -0.2) is 48.6 Å². The Morgan fingerprint density at radius 3 is 1.21 bits per heavy atom.